The predicted octanol–water partition coefficient (Wildman–Crippen LogP) is 1.67. The van der Waals surface area contributed by atoms with Gasteiger partial charge in [-0.15, -0.1) is 0 Å². The highest BCUT2D eigenvalue weighted by Crippen LogP contribution is 2.10. The van der Waals surface area contributed by atoms with E-state index in [2.05, 4.69) is 9.97 Å². The summed E-state index contributed by atoms with van der Waals surface area (Å²) in [6.07, 6.45) is 3.50. The van der Waals surface area contributed by atoms with E-state index in [0.29, 0.717) is 0 Å². The first kappa shape index (κ1) is 12.6. The topological polar surface area (TPSA) is 88.9 Å². The number of aromatic amines is 1. The molecule has 0 unspecified atom stereocenters. The summed E-state index contributed by atoms with van der Waals surface area (Å²) in [7, 11) is 0. The standard InChI is InChI=1S/C6H6N2O3.C5H5N/c1-4-5(8(10)11)2-3-6(9)7-4;1-2-4-6-5-3-1/h2-3H,1H3,(H,7,9);1-5H. The largest absolute Gasteiger partial charge is 0.320 e. The third-order valence-corrected chi connectivity index (χ3v) is 1.85. The molecule has 0 aliphatic carbocycles. The molecule has 0 bridgehead atoms. The molecule has 0 saturated carbocycles. The maximum Gasteiger partial charge on any atom is 0.288 e. The average molecular weight is 233 g/mol. The lowest BCUT2D eigenvalue weighted by atomic mass is 10.3. The zero-order valence-corrected chi connectivity index (χ0v) is 9.16. The van der Waals surface area contributed by atoms with Crippen LogP contribution in [0.15, 0.2) is 47.5 Å². The van der Waals surface area contributed by atoms with Gasteiger partial charge in [0.15, 0.2) is 0 Å². The molecule has 6 heteroatoms. The average Bonchev–Trinajstić information content (AvgIpc) is 2.31. The molecule has 0 fully saturated rings. The van der Waals surface area contributed by atoms with Crippen LogP contribution in [0.2, 0.25) is 0 Å². The number of aryl methyl sites for hydroxylation is 1. The first-order chi connectivity index (χ1) is 8.11. The Bertz CT molecular complexity index is 510. The van der Waals surface area contributed by atoms with Gasteiger partial charge < -0.3 is 4.98 Å². The minimum atomic E-state index is -0.536. The molecule has 0 saturated heterocycles. The molecule has 6 nitrogen and oxygen atoms in total. The van der Waals surface area contributed by atoms with E-state index < -0.39 is 4.92 Å². The number of H-pyrrole nitrogens is 1. The summed E-state index contributed by atoms with van der Waals surface area (Å²) in [5.41, 5.74) is -0.111. The van der Waals surface area contributed by atoms with Crippen LogP contribution in [0, 0.1) is 17.0 Å². The van der Waals surface area contributed by atoms with E-state index in [1.165, 1.54) is 13.0 Å². The van der Waals surface area contributed by atoms with Gasteiger partial charge in [0.2, 0.25) is 5.56 Å². The Kier molecular flexibility index (Phi) is 4.56. The second kappa shape index (κ2) is 6.16. The molecule has 88 valence electrons. The van der Waals surface area contributed by atoms with E-state index in [1.807, 2.05) is 18.2 Å². The van der Waals surface area contributed by atoms with Crippen molar-refractivity contribution in [2.75, 3.05) is 0 Å². The summed E-state index contributed by atoms with van der Waals surface area (Å²) in [6, 6.07) is 8.03. The molecule has 0 aliphatic rings. The smallest absolute Gasteiger partial charge is 0.288 e. The Morgan fingerprint density at radius 2 is 1.88 bits per heavy atom. The summed E-state index contributed by atoms with van der Waals surface area (Å²) >= 11 is 0. The van der Waals surface area contributed by atoms with E-state index in [4.69, 9.17) is 0 Å². The van der Waals surface area contributed by atoms with Crippen molar-refractivity contribution in [3.05, 3.63) is 68.9 Å². The number of aromatic nitrogens is 2. The third-order valence-electron chi connectivity index (χ3n) is 1.85. The molecule has 2 heterocycles. The Morgan fingerprint density at radius 1 is 1.24 bits per heavy atom. The van der Waals surface area contributed by atoms with E-state index in [1.54, 1.807) is 12.4 Å². The van der Waals surface area contributed by atoms with Gasteiger partial charge >= 0.3 is 0 Å². The van der Waals surface area contributed by atoms with Crippen LogP contribution in [-0.2, 0) is 0 Å². The highest BCUT2D eigenvalue weighted by atomic mass is 16.6. The van der Waals surface area contributed by atoms with Crippen molar-refractivity contribution >= 4 is 5.69 Å². The van der Waals surface area contributed by atoms with E-state index in [-0.39, 0.29) is 16.9 Å². The van der Waals surface area contributed by atoms with Gasteiger partial charge in [0.05, 0.1) is 10.6 Å². The fourth-order valence-electron chi connectivity index (χ4n) is 1.08. The quantitative estimate of drug-likeness (QED) is 0.599. The normalized spacial score (nSPS) is 9.00. The minimum Gasteiger partial charge on any atom is -0.320 e. The second-order valence-electron chi connectivity index (χ2n) is 3.11. The highest BCUT2D eigenvalue weighted by molar-refractivity contribution is 5.32. The molecule has 2 aromatic heterocycles. The lowest BCUT2D eigenvalue weighted by molar-refractivity contribution is -0.385. The molecule has 1 N–H and O–H groups in total. The predicted molar refractivity (Wildman–Crippen MR) is 62.7 cm³/mol. The van der Waals surface area contributed by atoms with Gasteiger partial charge in [-0.25, -0.2) is 0 Å². The molecule has 0 amide bonds. The summed E-state index contributed by atoms with van der Waals surface area (Å²) in [4.78, 5) is 26.4. The molecule has 2 aromatic rings. The summed E-state index contributed by atoms with van der Waals surface area (Å²) in [5.74, 6) is 0. The SMILES string of the molecule is Cc1[nH]c(=O)ccc1[N+](=O)[O-].c1ccncc1. The molecule has 2 rings (SSSR count). The van der Waals surface area contributed by atoms with Crippen molar-refractivity contribution in [3.8, 4) is 0 Å². The maximum absolute atomic E-state index is 10.6. The number of hydrogen-bond acceptors (Lipinski definition) is 4. The van der Waals surface area contributed by atoms with Crippen LogP contribution < -0.4 is 5.56 Å². The fourth-order valence-corrected chi connectivity index (χ4v) is 1.08. The van der Waals surface area contributed by atoms with Crippen LogP contribution in [0.5, 0.6) is 0 Å². The van der Waals surface area contributed by atoms with Crippen LogP contribution in [-0.4, -0.2) is 14.9 Å². The van der Waals surface area contributed by atoms with E-state index in [0.717, 1.165) is 6.07 Å². The van der Waals surface area contributed by atoms with Crippen molar-refractivity contribution in [3.63, 3.8) is 0 Å². The summed E-state index contributed by atoms with van der Waals surface area (Å²) in [6.45, 7) is 1.49. The van der Waals surface area contributed by atoms with Crippen LogP contribution in [0.25, 0.3) is 0 Å². The maximum atomic E-state index is 10.6. The Labute approximate surface area is 97.1 Å². The minimum absolute atomic E-state index is 0.0652. The van der Waals surface area contributed by atoms with Crippen LogP contribution >= 0.6 is 0 Å². The molecular weight excluding hydrogens is 222 g/mol. The third kappa shape index (κ3) is 4.25. The van der Waals surface area contributed by atoms with Gasteiger partial charge in [-0.2, -0.15) is 0 Å². The van der Waals surface area contributed by atoms with Crippen LogP contribution in [0.1, 0.15) is 5.69 Å². The number of nitrogens with zero attached hydrogens (tertiary/aromatic N) is 2. The molecule has 0 radical (unpaired) electrons. The van der Waals surface area contributed by atoms with Gasteiger partial charge in [-0.3, -0.25) is 19.9 Å². The Morgan fingerprint density at radius 3 is 2.24 bits per heavy atom. The van der Waals surface area contributed by atoms with E-state index in [9.17, 15) is 14.9 Å². The first-order valence-corrected chi connectivity index (χ1v) is 4.80. The zero-order chi connectivity index (χ0) is 12.7. The number of pyridine rings is 2. The molecule has 17 heavy (non-hydrogen) atoms. The van der Waals surface area contributed by atoms with Gasteiger partial charge in [0.1, 0.15) is 0 Å². The number of nitro groups is 1. The molecule has 0 spiro atoms. The lowest BCUT2D eigenvalue weighted by Gasteiger charge is -1.93. The summed E-state index contributed by atoms with van der Waals surface area (Å²) < 4.78 is 0. The van der Waals surface area contributed by atoms with Gasteiger partial charge in [-0.1, -0.05) is 6.07 Å². The second-order valence-corrected chi connectivity index (χ2v) is 3.11. The van der Waals surface area contributed by atoms with Crippen molar-refractivity contribution < 1.29 is 4.92 Å². The molecular formula is C11H11N3O3. The van der Waals surface area contributed by atoms with Crippen molar-refractivity contribution in [2.45, 2.75) is 6.92 Å². The Balaban J connectivity index is 0.000000202. The highest BCUT2D eigenvalue weighted by Gasteiger charge is 2.08. The Hall–Kier alpha value is -2.50. The number of nitrogens with one attached hydrogen (secondary N) is 1. The fraction of sp³-hybridized carbons (Fsp3) is 0.0909. The van der Waals surface area contributed by atoms with Gasteiger partial charge in [0.25, 0.3) is 5.69 Å². The van der Waals surface area contributed by atoms with Crippen molar-refractivity contribution in [1.82, 2.24) is 9.97 Å². The summed E-state index contributed by atoms with van der Waals surface area (Å²) in [5, 5.41) is 10.2. The monoisotopic (exact) mass is 233 g/mol. The van der Waals surface area contributed by atoms with E-state index >= 15 is 0 Å². The first-order valence-electron chi connectivity index (χ1n) is 4.80. The zero-order valence-electron chi connectivity index (χ0n) is 9.16. The lowest BCUT2D eigenvalue weighted by Crippen LogP contribution is -2.06. The van der Waals surface area contributed by atoms with Crippen LogP contribution in [0.3, 0.4) is 0 Å². The molecule has 0 aliphatic heterocycles. The molecule has 0 atom stereocenters. The van der Waals surface area contributed by atoms with Crippen LogP contribution in [0.4, 0.5) is 5.69 Å². The molecule has 0 aromatic carbocycles. The van der Waals surface area contributed by atoms with Crippen molar-refractivity contribution in [2.24, 2.45) is 0 Å². The number of rotatable bonds is 1. The number of hydrogen-bond donors (Lipinski definition) is 1. The van der Waals surface area contributed by atoms with Crippen molar-refractivity contribution in [1.29, 1.82) is 0 Å². The van der Waals surface area contributed by atoms with Gasteiger partial charge in [-0.05, 0) is 19.1 Å². The van der Waals surface area contributed by atoms with Gasteiger partial charge in [0, 0.05) is 24.5 Å².